The van der Waals surface area contributed by atoms with Crippen LogP contribution in [0.4, 0.5) is 5.69 Å². The fourth-order valence-electron chi connectivity index (χ4n) is 1.80. The Morgan fingerprint density at radius 1 is 0.938 bits per heavy atom. The van der Waals surface area contributed by atoms with E-state index in [1.54, 1.807) is 18.2 Å². The lowest BCUT2D eigenvalue weighted by molar-refractivity contribution is 0.477. The second-order valence-electron chi connectivity index (χ2n) is 4.09. The maximum absolute atomic E-state index is 9.85. The standard InChI is InChI=1S/C14H15NO/c1-9-3-4-10(2)12(7-9)13-8-11(15)5-6-14(13)16/h3-8,16H,15H2,1-2H3. The Kier molecular flexibility index (Phi) is 2.57. The fraction of sp³-hybridized carbons (Fsp3) is 0.143. The molecule has 0 radical (unpaired) electrons. The van der Waals surface area contributed by atoms with E-state index in [-0.39, 0.29) is 5.75 Å². The van der Waals surface area contributed by atoms with E-state index in [1.165, 1.54) is 5.56 Å². The lowest BCUT2D eigenvalue weighted by Gasteiger charge is -2.10. The van der Waals surface area contributed by atoms with E-state index in [9.17, 15) is 5.11 Å². The molecule has 0 amide bonds. The number of anilines is 1. The van der Waals surface area contributed by atoms with Gasteiger partial charge in [0, 0.05) is 11.3 Å². The monoisotopic (exact) mass is 213 g/mol. The normalized spacial score (nSPS) is 10.4. The topological polar surface area (TPSA) is 46.2 Å². The zero-order valence-electron chi connectivity index (χ0n) is 9.49. The van der Waals surface area contributed by atoms with Gasteiger partial charge in [-0.1, -0.05) is 23.8 Å². The summed E-state index contributed by atoms with van der Waals surface area (Å²) in [6.45, 7) is 4.06. The van der Waals surface area contributed by atoms with E-state index in [2.05, 4.69) is 12.1 Å². The predicted molar refractivity (Wildman–Crippen MR) is 67.4 cm³/mol. The van der Waals surface area contributed by atoms with Crippen molar-refractivity contribution in [2.45, 2.75) is 13.8 Å². The van der Waals surface area contributed by atoms with Gasteiger partial charge in [-0.05, 0) is 43.2 Å². The number of phenolic OH excluding ortho intramolecular Hbond substituents is 1. The highest BCUT2D eigenvalue weighted by molar-refractivity contribution is 5.76. The van der Waals surface area contributed by atoms with E-state index in [4.69, 9.17) is 5.73 Å². The third kappa shape index (κ3) is 1.87. The Labute approximate surface area is 95.4 Å². The number of hydrogen-bond donors (Lipinski definition) is 2. The number of phenols is 1. The Bertz CT molecular complexity index is 483. The van der Waals surface area contributed by atoms with Crippen LogP contribution in [0.1, 0.15) is 11.1 Å². The Morgan fingerprint density at radius 2 is 1.69 bits per heavy atom. The molecule has 2 rings (SSSR count). The Balaban J connectivity index is 2.66. The van der Waals surface area contributed by atoms with Crippen molar-refractivity contribution >= 4 is 5.69 Å². The molecule has 2 nitrogen and oxygen atoms in total. The average molecular weight is 213 g/mol. The van der Waals surface area contributed by atoms with Crippen LogP contribution in [0.15, 0.2) is 36.4 Å². The molecular formula is C14H15NO. The SMILES string of the molecule is Cc1ccc(C)c(-c2cc(N)ccc2O)c1. The van der Waals surface area contributed by atoms with Gasteiger partial charge in [0.15, 0.2) is 0 Å². The van der Waals surface area contributed by atoms with Gasteiger partial charge in [0.05, 0.1) is 0 Å². The first-order chi connectivity index (χ1) is 7.58. The molecule has 0 aliphatic rings. The predicted octanol–water partition coefficient (Wildman–Crippen LogP) is 3.26. The highest BCUT2D eigenvalue weighted by Crippen LogP contribution is 2.33. The third-order valence-electron chi connectivity index (χ3n) is 2.70. The van der Waals surface area contributed by atoms with Crippen LogP contribution < -0.4 is 5.73 Å². The molecule has 0 bridgehead atoms. The lowest BCUT2D eigenvalue weighted by atomic mass is 9.97. The molecular weight excluding hydrogens is 198 g/mol. The first-order valence-corrected chi connectivity index (χ1v) is 5.24. The van der Waals surface area contributed by atoms with Crippen LogP contribution >= 0.6 is 0 Å². The lowest BCUT2D eigenvalue weighted by Crippen LogP contribution is -1.89. The molecule has 2 heteroatoms. The number of benzene rings is 2. The van der Waals surface area contributed by atoms with Gasteiger partial charge in [-0.3, -0.25) is 0 Å². The zero-order valence-corrected chi connectivity index (χ0v) is 9.49. The van der Waals surface area contributed by atoms with E-state index < -0.39 is 0 Å². The molecule has 2 aromatic rings. The van der Waals surface area contributed by atoms with Crippen molar-refractivity contribution in [2.75, 3.05) is 5.73 Å². The summed E-state index contributed by atoms with van der Waals surface area (Å²) in [5.74, 6) is 0.267. The minimum atomic E-state index is 0.267. The molecule has 2 aromatic carbocycles. The number of aromatic hydroxyl groups is 1. The van der Waals surface area contributed by atoms with Crippen molar-refractivity contribution in [3.63, 3.8) is 0 Å². The van der Waals surface area contributed by atoms with Crippen LogP contribution in [0.5, 0.6) is 5.75 Å². The molecule has 3 N–H and O–H groups in total. The highest BCUT2D eigenvalue weighted by atomic mass is 16.3. The summed E-state index contributed by atoms with van der Waals surface area (Å²) < 4.78 is 0. The molecule has 82 valence electrons. The maximum Gasteiger partial charge on any atom is 0.123 e. The summed E-state index contributed by atoms with van der Waals surface area (Å²) in [7, 11) is 0. The zero-order chi connectivity index (χ0) is 11.7. The number of rotatable bonds is 1. The number of nitrogens with two attached hydrogens (primary N) is 1. The van der Waals surface area contributed by atoms with E-state index in [0.717, 1.165) is 16.7 Å². The van der Waals surface area contributed by atoms with Crippen molar-refractivity contribution in [3.05, 3.63) is 47.5 Å². The average Bonchev–Trinajstić information content (AvgIpc) is 2.25. The smallest absolute Gasteiger partial charge is 0.123 e. The fourth-order valence-corrected chi connectivity index (χ4v) is 1.80. The van der Waals surface area contributed by atoms with Gasteiger partial charge >= 0.3 is 0 Å². The first kappa shape index (κ1) is 10.6. The molecule has 0 spiro atoms. The second-order valence-corrected chi connectivity index (χ2v) is 4.09. The van der Waals surface area contributed by atoms with E-state index >= 15 is 0 Å². The van der Waals surface area contributed by atoms with Crippen molar-refractivity contribution < 1.29 is 5.11 Å². The van der Waals surface area contributed by atoms with Crippen LogP contribution in [-0.2, 0) is 0 Å². The summed E-state index contributed by atoms with van der Waals surface area (Å²) in [5, 5.41) is 9.85. The van der Waals surface area contributed by atoms with Crippen molar-refractivity contribution in [2.24, 2.45) is 0 Å². The quantitative estimate of drug-likeness (QED) is 0.564. The third-order valence-corrected chi connectivity index (χ3v) is 2.70. The molecule has 0 saturated carbocycles. The van der Waals surface area contributed by atoms with Crippen molar-refractivity contribution in [1.29, 1.82) is 0 Å². The Hall–Kier alpha value is -1.96. The molecule has 0 aliphatic carbocycles. The molecule has 0 aromatic heterocycles. The summed E-state index contributed by atoms with van der Waals surface area (Å²) in [6.07, 6.45) is 0. The molecule has 0 heterocycles. The van der Waals surface area contributed by atoms with Crippen molar-refractivity contribution in [1.82, 2.24) is 0 Å². The van der Waals surface area contributed by atoms with Gasteiger partial charge in [0.25, 0.3) is 0 Å². The van der Waals surface area contributed by atoms with Crippen LogP contribution in [0, 0.1) is 13.8 Å². The highest BCUT2D eigenvalue weighted by Gasteiger charge is 2.07. The number of hydrogen-bond acceptors (Lipinski definition) is 2. The summed E-state index contributed by atoms with van der Waals surface area (Å²) >= 11 is 0. The second kappa shape index (κ2) is 3.89. The van der Waals surface area contributed by atoms with Gasteiger partial charge in [0.1, 0.15) is 5.75 Å². The van der Waals surface area contributed by atoms with Crippen LogP contribution in [0.3, 0.4) is 0 Å². The van der Waals surface area contributed by atoms with Crippen LogP contribution in [0.2, 0.25) is 0 Å². The van der Waals surface area contributed by atoms with Crippen LogP contribution in [-0.4, -0.2) is 5.11 Å². The molecule has 0 aliphatic heterocycles. The van der Waals surface area contributed by atoms with Crippen LogP contribution in [0.25, 0.3) is 11.1 Å². The van der Waals surface area contributed by atoms with Gasteiger partial charge in [-0.15, -0.1) is 0 Å². The minimum Gasteiger partial charge on any atom is -0.507 e. The van der Waals surface area contributed by atoms with Gasteiger partial charge in [-0.2, -0.15) is 0 Å². The molecule has 0 fully saturated rings. The molecule has 0 saturated heterocycles. The van der Waals surface area contributed by atoms with Gasteiger partial charge < -0.3 is 10.8 Å². The van der Waals surface area contributed by atoms with Crippen molar-refractivity contribution in [3.8, 4) is 16.9 Å². The maximum atomic E-state index is 9.85. The minimum absolute atomic E-state index is 0.267. The van der Waals surface area contributed by atoms with E-state index in [1.807, 2.05) is 19.9 Å². The van der Waals surface area contributed by atoms with Gasteiger partial charge in [-0.25, -0.2) is 0 Å². The number of nitrogen functional groups attached to an aromatic ring is 1. The summed E-state index contributed by atoms with van der Waals surface area (Å²) in [5.41, 5.74) is 10.5. The number of aryl methyl sites for hydroxylation is 2. The van der Waals surface area contributed by atoms with E-state index in [0.29, 0.717) is 5.69 Å². The van der Waals surface area contributed by atoms with Gasteiger partial charge in [0.2, 0.25) is 0 Å². The molecule has 0 unspecified atom stereocenters. The first-order valence-electron chi connectivity index (χ1n) is 5.24. The molecule has 16 heavy (non-hydrogen) atoms. The largest absolute Gasteiger partial charge is 0.507 e. The summed E-state index contributed by atoms with van der Waals surface area (Å²) in [4.78, 5) is 0. The molecule has 0 atom stereocenters. The Morgan fingerprint density at radius 3 is 2.44 bits per heavy atom. The summed E-state index contributed by atoms with van der Waals surface area (Å²) in [6, 6.07) is 11.3.